The topological polar surface area (TPSA) is 93.5 Å². The third-order valence-electron chi connectivity index (χ3n) is 3.09. The van der Waals surface area contributed by atoms with Crippen LogP contribution in [0.15, 0.2) is 24.3 Å². The van der Waals surface area contributed by atoms with Crippen molar-refractivity contribution in [2.45, 2.75) is 25.3 Å². The molecule has 1 aliphatic heterocycles. The van der Waals surface area contributed by atoms with Gasteiger partial charge in [0.2, 0.25) is 5.91 Å². The van der Waals surface area contributed by atoms with E-state index in [9.17, 15) is 9.59 Å². The molecule has 0 aromatic heterocycles. The lowest BCUT2D eigenvalue weighted by atomic mass is 10.1. The van der Waals surface area contributed by atoms with Gasteiger partial charge < -0.3 is 21.1 Å². The molecule has 1 aromatic carbocycles. The van der Waals surface area contributed by atoms with E-state index in [1.54, 1.807) is 24.3 Å². The molecule has 6 nitrogen and oxygen atoms in total. The zero-order valence-corrected chi connectivity index (χ0v) is 11.2. The monoisotopic (exact) mass is 277 g/mol. The molecule has 2 rings (SSSR count). The smallest absolute Gasteiger partial charge is 0.255 e. The third-order valence-corrected chi connectivity index (χ3v) is 3.09. The average Bonchev–Trinajstić information content (AvgIpc) is 2.89. The van der Waals surface area contributed by atoms with Gasteiger partial charge in [0.15, 0.2) is 6.61 Å². The normalized spacial score (nSPS) is 17.7. The van der Waals surface area contributed by atoms with Gasteiger partial charge in [0.25, 0.3) is 5.91 Å². The van der Waals surface area contributed by atoms with Crippen molar-refractivity contribution in [3.05, 3.63) is 24.3 Å². The minimum atomic E-state index is -0.535. The number of hydrogen-bond acceptors (Lipinski definition) is 4. The Hall–Kier alpha value is -2.08. The fourth-order valence-electron chi connectivity index (χ4n) is 2.18. The second-order valence-electron chi connectivity index (χ2n) is 4.83. The first kappa shape index (κ1) is 14.3. The van der Waals surface area contributed by atoms with Gasteiger partial charge in [-0.1, -0.05) is 6.07 Å². The molecule has 1 saturated heterocycles. The van der Waals surface area contributed by atoms with Crippen molar-refractivity contribution >= 4 is 17.5 Å². The highest BCUT2D eigenvalue weighted by Gasteiger charge is 2.17. The van der Waals surface area contributed by atoms with Gasteiger partial charge in [0.05, 0.1) is 0 Å². The van der Waals surface area contributed by atoms with Crippen molar-refractivity contribution in [2.75, 3.05) is 18.5 Å². The van der Waals surface area contributed by atoms with Crippen LogP contribution in [0.5, 0.6) is 5.75 Å². The first-order valence-corrected chi connectivity index (χ1v) is 6.68. The number of hydrogen-bond donors (Lipinski definition) is 3. The maximum absolute atomic E-state index is 11.9. The quantitative estimate of drug-likeness (QED) is 0.711. The molecule has 0 saturated carbocycles. The van der Waals surface area contributed by atoms with Crippen molar-refractivity contribution in [1.82, 2.24) is 5.32 Å². The summed E-state index contributed by atoms with van der Waals surface area (Å²) in [6.07, 6.45) is 2.62. The van der Waals surface area contributed by atoms with Gasteiger partial charge >= 0.3 is 0 Å². The van der Waals surface area contributed by atoms with Crippen LogP contribution in [-0.2, 0) is 9.59 Å². The first-order chi connectivity index (χ1) is 9.63. The maximum atomic E-state index is 11.9. The molecular formula is C14H19N3O3. The zero-order valence-electron chi connectivity index (χ0n) is 11.2. The highest BCUT2D eigenvalue weighted by Crippen LogP contribution is 2.18. The average molecular weight is 277 g/mol. The van der Waals surface area contributed by atoms with E-state index < -0.39 is 5.91 Å². The number of nitrogens with one attached hydrogen (secondary N) is 2. The van der Waals surface area contributed by atoms with E-state index in [4.69, 9.17) is 10.5 Å². The fourth-order valence-corrected chi connectivity index (χ4v) is 2.18. The molecule has 0 bridgehead atoms. The van der Waals surface area contributed by atoms with Gasteiger partial charge in [-0.05, 0) is 31.5 Å². The molecule has 1 unspecified atom stereocenters. The Morgan fingerprint density at radius 3 is 3.00 bits per heavy atom. The molecule has 1 atom stereocenters. The SMILES string of the molecule is NC(=O)COc1cccc(NC(=O)CC2CCCN2)c1. The van der Waals surface area contributed by atoms with Gasteiger partial charge in [-0.3, -0.25) is 9.59 Å². The molecule has 0 aliphatic carbocycles. The molecule has 0 radical (unpaired) electrons. The molecule has 1 heterocycles. The summed E-state index contributed by atoms with van der Waals surface area (Å²) in [7, 11) is 0. The van der Waals surface area contributed by atoms with Crippen LogP contribution >= 0.6 is 0 Å². The number of anilines is 1. The van der Waals surface area contributed by atoms with Crippen LogP contribution in [0.3, 0.4) is 0 Å². The number of amides is 2. The molecule has 2 amide bonds. The number of rotatable bonds is 6. The van der Waals surface area contributed by atoms with E-state index in [2.05, 4.69) is 10.6 Å². The highest BCUT2D eigenvalue weighted by atomic mass is 16.5. The van der Waals surface area contributed by atoms with Crippen molar-refractivity contribution < 1.29 is 14.3 Å². The van der Waals surface area contributed by atoms with E-state index in [1.165, 1.54) is 0 Å². The number of carbonyl (C=O) groups is 2. The number of nitrogens with two attached hydrogens (primary N) is 1. The molecule has 1 fully saturated rings. The first-order valence-electron chi connectivity index (χ1n) is 6.68. The lowest BCUT2D eigenvalue weighted by molar-refractivity contribution is -0.120. The third kappa shape index (κ3) is 4.55. The molecule has 4 N–H and O–H groups in total. The van der Waals surface area contributed by atoms with E-state index in [1.807, 2.05) is 0 Å². The van der Waals surface area contributed by atoms with Crippen LogP contribution in [0, 0.1) is 0 Å². The highest BCUT2D eigenvalue weighted by molar-refractivity contribution is 5.91. The molecule has 0 spiro atoms. The van der Waals surface area contributed by atoms with Gasteiger partial charge in [-0.2, -0.15) is 0 Å². The number of benzene rings is 1. The lowest BCUT2D eigenvalue weighted by Gasteiger charge is -2.11. The van der Waals surface area contributed by atoms with Gasteiger partial charge in [0.1, 0.15) is 5.75 Å². The van der Waals surface area contributed by atoms with Gasteiger partial charge in [-0.25, -0.2) is 0 Å². The molecular weight excluding hydrogens is 258 g/mol. The summed E-state index contributed by atoms with van der Waals surface area (Å²) in [5.41, 5.74) is 5.66. The summed E-state index contributed by atoms with van der Waals surface area (Å²) < 4.78 is 5.18. The van der Waals surface area contributed by atoms with E-state index in [-0.39, 0.29) is 18.6 Å². The van der Waals surface area contributed by atoms with Gasteiger partial charge in [0, 0.05) is 24.2 Å². The van der Waals surface area contributed by atoms with E-state index >= 15 is 0 Å². The Labute approximate surface area is 117 Å². The van der Waals surface area contributed by atoms with Gasteiger partial charge in [-0.15, -0.1) is 0 Å². The van der Waals surface area contributed by atoms with Crippen LogP contribution in [-0.4, -0.2) is 31.0 Å². The maximum Gasteiger partial charge on any atom is 0.255 e. The minimum absolute atomic E-state index is 0.0311. The van der Waals surface area contributed by atoms with Crippen molar-refractivity contribution in [3.63, 3.8) is 0 Å². The Morgan fingerprint density at radius 2 is 2.30 bits per heavy atom. The van der Waals surface area contributed by atoms with Crippen molar-refractivity contribution in [1.29, 1.82) is 0 Å². The molecule has 1 aliphatic rings. The zero-order chi connectivity index (χ0) is 14.4. The summed E-state index contributed by atoms with van der Waals surface area (Å²) in [5.74, 6) is -0.0659. The summed E-state index contributed by atoms with van der Waals surface area (Å²) in [4.78, 5) is 22.5. The number of primary amides is 1. The second kappa shape index (κ2) is 6.91. The summed E-state index contributed by atoms with van der Waals surface area (Å²) >= 11 is 0. The molecule has 6 heteroatoms. The number of ether oxygens (including phenoxy) is 1. The Balaban J connectivity index is 1.86. The van der Waals surface area contributed by atoms with Crippen LogP contribution in [0.25, 0.3) is 0 Å². The fraction of sp³-hybridized carbons (Fsp3) is 0.429. The summed E-state index contributed by atoms with van der Waals surface area (Å²) in [6, 6.07) is 7.17. The predicted octanol–water partition coefficient (Wildman–Crippen LogP) is 0.631. The Bertz CT molecular complexity index is 484. The molecule has 20 heavy (non-hydrogen) atoms. The summed E-state index contributed by atoms with van der Waals surface area (Å²) in [6.45, 7) is 0.803. The van der Waals surface area contributed by atoms with Crippen LogP contribution in [0.1, 0.15) is 19.3 Å². The Morgan fingerprint density at radius 1 is 1.45 bits per heavy atom. The summed E-state index contributed by atoms with van der Waals surface area (Å²) in [5, 5.41) is 6.10. The van der Waals surface area contributed by atoms with E-state index in [0.717, 1.165) is 19.4 Å². The Kier molecular flexibility index (Phi) is 4.95. The van der Waals surface area contributed by atoms with Crippen molar-refractivity contribution in [2.24, 2.45) is 5.73 Å². The lowest BCUT2D eigenvalue weighted by Crippen LogP contribution is -2.27. The molecule has 108 valence electrons. The molecule has 1 aromatic rings. The standard InChI is InChI=1S/C14H19N3O3/c15-13(18)9-20-12-5-1-3-11(7-12)17-14(19)8-10-4-2-6-16-10/h1,3,5,7,10,16H,2,4,6,8-9H2,(H2,15,18)(H,17,19). The second-order valence-corrected chi connectivity index (χ2v) is 4.83. The van der Waals surface area contributed by atoms with Crippen molar-refractivity contribution in [3.8, 4) is 5.75 Å². The van der Waals surface area contributed by atoms with Crippen LogP contribution in [0.2, 0.25) is 0 Å². The predicted molar refractivity (Wildman–Crippen MR) is 75.4 cm³/mol. The minimum Gasteiger partial charge on any atom is -0.484 e. The van der Waals surface area contributed by atoms with Crippen LogP contribution in [0.4, 0.5) is 5.69 Å². The van der Waals surface area contributed by atoms with Crippen LogP contribution < -0.4 is 21.1 Å². The number of carbonyl (C=O) groups excluding carboxylic acids is 2. The largest absolute Gasteiger partial charge is 0.484 e. The van der Waals surface area contributed by atoms with E-state index in [0.29, 0.717) is 17.9 Å².